The van der Waals surface area contributed by atoms with E-state index >= 15 is 0 Å². The normalized spacial score (nSPS) is 16.6. The number of aryl methyl sites for hydroxylation is 1. The zero-order valence-corrected chi connectivity index (χ0v) is 22.0. The number of H-pyrrole nitrogens is 1. The smallest absolute Gasteiger partial charge is 0.256 e. The van der Waals surface area contributed by atoms with E-state index in [0.717, 1.165) is 70.6 Å². The lowest BCUT2D eigenvalue weighted by atomic mass is 9.94. The van der Waals surface area contributed by atoms with E-state index in [4.69, 9.17) is 4.99 Å². The second-order valence-corrected chi connectivity index (χ2v) is 10.7. The van der Waals surface area contributed by atoms with Crippen molar-refractivity contribution in [3.8, 4) is 33.8 Å². The Kier molecular flexibility index (Phi) is 6.10. The Hall–Kier alpha value is -4.20. The number of hydrogen-bond donors (Lipinski definition) is 1. The zero-order valence-electron chi connectivity index (χ0n) is 22.0. The van der Waals surface area contributed by atoms with Gasteiger partial charge in [-0.15, -0.1) is 10.2 Å². The molecule has 6 rings (SSSR count). The number of amides is 1. The van der Waals surface area contributed by atoms with Gasteiger partial charge in [0.15, 0.2) is 0 Å². The third kappa shape index (κ3) is 4.30. The maximum absolute atomic E-state index is 13.5. The second kappa shape index (κ2) is 9.59. The summed E-state index contributed by atoms with van der Waals surface area (Å²) in [7, 11) is 0. The number of benzene rings is 2. The van der Waals surface area contributed by atoms with Crippen LogP contribution in [0.1, 0.15) is 50.7 Å². The monoisotopic (exact) mass is 505 g/mol. The molecule has 2 aromatic carbocycles. The van der Waals surface area contributed by atoms with Gasteiger partial charge in [-0.3, -0.25) is 19.7 Å². The molecular formula is C30H31N7O. The Morgan fingerprint density at radius 1 is 0.974 bits per heavy atom. The Morgan fingerprint density at radius 2 is 1.74 bits per heavy atom. The number of hydrogen-bond acceptors (Lipinski definition) is 6. The second-order valence-electron chi connectivity index (χ2n) is 10.7. The summed E-state index contributed by atoms with van der Waals surface area (Å²) in [6.07, 6.45) is 5.70. The van der Waals surface area contributed by atoms with Gasteiger partial charge >= 0.3 is 0 Å². The van der Waals surface area contributed by atoms with Crippen molar-refractivity contribution < 1.29 is 4.79 Å². The molecule has 192 valence electrons. The molecule has 1 fully saturated rings. The van der Waals surface area contributed by atoms with Gasteiger partial charge in [0.05, 0.1) is 12.2 Å². The van der Waals surface area contributed by atoms with E-state index in [-0.39, 0.29) is 11.8 Å². The molecule has 38 heavy (non-hydrogen) atoms. The molecule has 0 radical (unpaired) electrons. The highest BCUT2D eigenvalue weighted by Gasteiger charge is 2.49. The fraction of sp³-hybridized carbons (Fsp3) is 0.333. The summed E-state index contributed by atoms with van der Waals surface area (Å²) >= 11 is 0. The summed E-state index contributed by atoms with van der Waals surface area (Å²) in [4.78, 5) is 25.0. The third-order valence-electron chi connectivity index (χ3n) is 7.62. The van der Waals surface area contributed by atoms with Gasteiger partial charge in [0.2, 0.25) is 5.82 Å². The molecule has 1 spiro atoms. The van der Waals surface area contributed by atoms with E-state index in [2.05, 4.69) is 82.8 Å². The van der Waals surface area contributed by atoms with Crippen molar-refractivity contribution >= 4 is 11.7 Å². The Morgan fingerprint density at radius 3 is 2.42 bits per heavy atom. The summed E-state index contributed by atoms with van der Waals surface area (Å²) in [5.74, 6) is 1.82. The van der Waals surface area contributed by atoms with Gasteiger partial charge in [0.1, 0.15) is 11.4 Å². The summed E-state index contributed by atoms with van der Waals surface area (Å²) in [5.41, 5.74) is 6.54. The average Bonchev–Trinajstić information content (AvgIpc) is 3.68. The molecule has 1 N–H and O–H groups in total. The maximum atomic E-state index is 13.5. The van der Waals surface area contributed by atoms with Crippen LogP contribution < -0.4 is 0 Å². The van der Waals surface area contributed by atoms with Crippen LogP contribution in [-0.4, -0.2) is 47.8 Å². The van der Waals surface area contributed by atoms with Crippen molar-refractivity contribution in [3.63, 3.8) is 0 Å². The van der Waals surface area contributed by atoms with E-state index < -0.39 is 5.54 Å². The highest BCUT2D eigenvalue weighted by molar-refractivity contribution is 6.09. The minimum Gasteiger partial charge on any atom is -0.294 e. The van der Waals surface area contributed by atoms with E-state index in [1.807, 2.05) is 29.3 Å². The fourth-order valence-electron chi connectivity index (χ4n) is 5.64. The quantitative estimate of drug-likeness (QED) is 0.367. The molecule has 0 unspecified atom stereocenters. The first-order chi connectivity index (χ1) is 18.4. The van der Waals surface area contributed by atoms with Crippen molar-refractivity contribution in [2.24, 2.45) is 10.9 Å². The number of aromatic amines is 1. The number of carbonyl (C=O) groups excluding carboxylic acids is 1. The van der Waals surface area contributed by atoms with Gasteiger partial charge in [0, 0.05) is 23.2 Å². The van der Waals surface area contributed by atoms with Crippen LogP contribution in [0, 0.1) is 12.8 Å². The minimum absolute atomic E-state index is 0.167. The number of rotatable bonds is 6. The van der Waals surface area contributed by atoms with E-state index in [9.17, 15) is 4.79 Å². The molecule has 1 amide bonds. The number of aliphatic imine (C=N–C) groups is 1. The van der Waals surface area contributed by atoms with Crippen LogP contribution in [0.25, 0.3) is 33.8 Å². The Labute approximate surface area is 222 Å². The zero-order chi connectivity index (χ0) is 26.3. The lowest BCUT2D eigenvalue weighted by molar-refractivity contribution is -0.131. The number of nitrogens with zero attached hydrogens (tertiary/aromatic N) is 6. The van der Waals surface area contributed by atoms with Crippen LogP contribution in [0.3, 0.4) is 0 Å². The predicted octanol–water partition coefficient (Wildman–Crippen LogP) is 5.61. The van der Waals surface area contributed by atoms with Crippen molar-refractivity contribution in [2.75, 3.05) is 0 Å². The van der Waals surface area contributed by atoms with Crippen LogP contribution >= 0.6 is 0 Å². The summed E-state index contributed by atoms with van der Waals surface area (Å²) in [5, 5.41) is 14.8. The van der Waals surface area contributed by atoms with Crippen LogP contribution in [0.2, 0.25) is 0 Å². The minimum atomic E-state index is -0.524. The Bertz CT molecular complexity index is 1500. The van der Waals surface area contributed by atoms with Crippen molar-refractivity contribution in [1.29, 1.82) is 0 Å². The number of aromatic nitrogens is 5. The summed E-state index contributed by atoms with van der Waals surface area (Å²) in [6.45, 7) is 6.83. The number of pyridine rings is 1. The Balaban J connectivity index is 1.33. The lowest BCUT2D eigenvalue weighted by Crippen LogP contribution is -2.41. The molecule has 4 aromatic rings. The molecule has 0 atom stereocenters. The molecule has 0 bridgehead atoms. The van der Waals surface area contributed by atoms with Gasteiger partial charge in [-0.2, -0.15) is 5.21 Å². The molecule has 1 aliphatic heterocycles. The highest BCUT2D eigenvalue weighted by atomic mass is 16.2. The van der Waals surface area contributed by atoms with Gasteiger partial charge < -0.3 is 0 Å². The molecule has 8 heteroatoms. The lowest BCUT2D eigenvalue weighted by Gasteiger charge is -2.24. The van der Waals surface area contributed by atoms with E-state index in [1.165, 1.54) is 0 Å². The topological polar surface area (TPSA) is 100 Å². The summed E-state index contributed by atoms with van der Waals surface area (Å²) in [6, 6.07) is 18.6. The summed E-state index contributed by atoms with van der Waals surface area (Å²) < 4.78 is 0. The van der Waals surface area contributed by atoms with Gasteiger partial charge in [0.25, 0.3) is 5.91 Å². The van der Waals surface area contributed by atoms with Gasteiger partial charge in [-0.25, -0.2) is 0 Å². The van der Waals surface area contributed by atoms with Crippen LogP contribution in [0.5, 0.6) is 0 Å². The third-order valence-corrected chi connectivity index (χ3v) is 7.62. The van der Waals surface area contributed by atoms with Crippen LogP contribution in [-0.2, 0) is 11.3 Å². The number of amidine groups is 1. The molecule has 1 saturated carbocycles. The molecule has 1 aliphatic carbocycles. The first kappa shape index (κ1) is 24.2. The van der Waals surface area contributed by atoms with E-state index in [0.29, 0.717) is 12.4 Å². The standard InChI is InChI=1S/C30H31N7O/c1-19(2)28-32-30(13-4-5-14-30)29(38)37(28)18-21-6-8-22(9-7-21)25-17-23(26-16-20(3)12-15-31-26)10-11-24(25)27-33-35-36-34-27/h6-12,15-17,19H,4-5,13-14,18H2,1-3H3,(H,33,34,35,36). The first-order valence-electron chi connectivity index (χ1n) is 13.3. The molecule has 3 heterocycles. The first-order valence-corrected chi connectivity index (χ1v) is 13.3. The molecule has 2 aromatic heterocycles. The van der Waals surface area contributed by atoms with E-state index in [1.54, 1.807) is 0 Å². The van der Waals surface area contributed by atoms with Crippen LogP contribution in [0.15, 0.2) is 65.8 Å². The average molecular weight is 506 g/mol. The van der Waals surface area contributed by atoms with Crippen molar-refractivity contribution in [3.05, 3.63) is 71.9 Å². The molecule has 0 saturated heterocycles. The van der Waals surface area contributed by atoms with Crippen molar-refractivity contribution in [1.82, 2.24) is 30.5 Å². The number of nitrogens with one attached hydrogen (secondary N) is 1. The van der Waals surface area contributed by atoms with Crippen LogP contribution in [0.4, 0.5) is 0 Å². The largest absolute Gasteiger partial charge is 0.294 e. The van der Waals surface area contributed by atoms with Crippen molar-refractivity contribution in [2.45, 2.75) is 58.5 Å². The maximum Gasteiger partial charge on any atom is 0.256 e. The molecule has 8 nitrogen and oxygen atoms in total. The molecular weight excluding hydrogens is 474 g/mol. The SMILES string of the molecule is Cc1ccnc(-c2ccc(-c3nn[nH]n3)c(-c3ccc(CN4C(=O)C5(CCCC5)N=C4C(C)C)cc3)c2)c1. The number of carbonyl (C=O) groups is 1. The highest BCUT2D eigenvalue weighted by Crippen LogP contribution is 2.40. The fourth-order valence-corrected chi connectivity index (χ4v) is 5.64. The molecule has 2 aliphatic rings. The number of tetrazole rings is 1. The van der Waals surface area contributed by atoms with Gasteiger partial charge in [-0.05, 0) is 71.5 Å². The van der Waals surface area contributed by atoms with Gasteiger partial charge in [-0.1, -0.05) is 57.0 Å². The predicted molar refractivity (Wildman–Crippen MR) is 147 cm³/mol.